The summed E-state index contributed by atoms with van der Waals surface area (Å²) in [6.45, 7) is 1.94. The van der Waals surface area contributed by atoms with E-state index in [0.717, 1.165) is 0 Å². The topological polar surface area (TPSA) is 65.4 Å². The molecular formula is C15H19N3O3. The van der Waals surface area contributed by atoms with Gasteiger partial charge in [-0.25, -0.2) is 0 Å². The van der Waals surface area contributed by atoms with Gasteiger partial charge in [0.1, 0.15) is 11.5 Å². The number of rotatable bonds is 6. The number of aromatic nitrogens is 2. The summed E-state index contributed by atoms with van der Waals surface area (Å²) < 4.78 is 12.1. The van der Waals surface area contributed by atoms with Crippen molar-refractivity contribution < 1.29 is 14.3 Å². The molecule has 1 atom stereocenters. The van der Waals surface area contributed by atoms with Gasteiger partial charge in [-0.15, -0.1) is 0 Å². The second kappa shape index (κ2) is 6.78. The monoisotopic (exact) mass is 289 g/mol. The standard InChI is InChI=1S/C15H19N3O3/c1-11(18-6-4-5-16-18)7-15(19)17-12-8-13(20-2)10-14(9-12)21-3/h4-6,8-11H,7H2,1-3H3,(H,17,19)/t11-/m0/s1. The van der Waals surface area contributed by atoms with Crippen LogP contribution >= 0.6 is 0 Å². The highest BCUT2D eigenvalue weighted by atomic mass is 16.5. The highest BCUT2D eigenvalue weighted by molar-refractivity contribution is 5.91. The van der Waals surface area contributed by atoms with Crippen molar-refractivity contribution in [2.75, 3.05) is 19.5 Å². The Labute approximate surface area is 123 Å². The fourth-order valence-electron chi connectivity index (χ4n) is 1.99. The van der Waals surface area contributed by atoms with Crippen molar-refractivity contribution in [1.82, 2.24) is 9.78 Å². The van der Waals surface area contributed by atoms with Crippen LogP contribution in [0.3, 0.4) is 0 Å². The Morgan fingerprint density at radius 1 is 1.29 bits per heavy atom. The molecule has 0 bridgehead atoms. The Bertz CT molecular complexity index is 574. The average Bonchev–Trinajstić information content (AvgIpc) is 3.00. The van der Waals surface area contributed by atoms with E-state index >= 15 is 0 Å². The summed E-state index contributed by atoms with van der Waals surface area (Å²) in [5.74, 6) is 1.17. The Kier molecular flexibility index (Phi) is 4.81. The number of nitrogens with zero attached hydrogens (tertiary/aromatic N) is 2. The van der Waals surface area contributed by atoms with Gasteiger partial charge in [0.2, 0.25) is 5.91 Å². The third-order valence-corrected chi connectivity index (χ3v) is 3.09. The summed E-state index contributed by atoms with van der Waals surface area (Å²) in [5.41, 5.74) is 0.642. The highest BCUT2D eigenvalue weighted by Gasteiger charge is 2.12. The lowest BCUT2D eigenvalue weighted by molar-refractivity contribution is -0.116. The zero-order valence-electron chi connectivity index (χ0n) is 12.4. The number of hydrogen-bond acceptors (Lipinski definition) is 4. The zero-order valence-corrected chi connectivity index (χ0v) is 12.4. The van der Waals surface area contributed by atoms with Crippen molar-refractivity contribution in [3.8, 4) is 11.5 Å². The third kappa shape index (κ3) is 3.98. The fourth-order valence-corrected chi connectivity index (χ4v) is 1.99. The van der Waals surface area contributed by atoms with Gasteiger partial charge >= 0.3 is 0 Å². The molecule has 0 saturated carbocycles. The number of benzene rings is 1. The van der Waals surface area contributed by atoms with Crippen molar-refractivity contribution in [1.29, 1.82) is 0 Å². The summed E-state index contributed by atoms with van der Waals surface area (Å²) in [7, 11) is 3.14. The summed E-state index contributed by atoms with van der Waals surface area (Å²) in [4.78, 5) is 12.1. The first-order valence-corrected chi connectivity index (χ1v) is 6.64. The Morgan fingerprint density at radius 2 is 1.95 bits per heavy atom. The molecule has 0 fully saturated rings. The number of amides is 1. The first kappa shape index (κ1) is 14.9. The van der Waals surface area contributed by atoms with Gasteiger partial charge in [-0.3, -0.25) is 9.48 Å². The molecular weight excluding hydrogens is 270 g/mol. The van der Waals surface area contributed by atoms with Crippen LogP contribution in [0.15, 0.2) is 36.7 Å². The van der Waals surface area contributed by atoms with E-state index in [1.807, 2.05) is 19.2 Å². The number of carbonyl (C=O) groups is 1. The van der Waals surface area contributed by atoms with Gasteiger partial charge in [-0.05, 0) is 13.0 Å². The number of anilines is 1. The van der Waals surface area contributed by atoms with E-state index in [1.165, 1.54) is 0 Å². The Morgan fingerprint density at radius 3 is 2.48 bits per heavy atom. The van der Waals surface area contributed by atoms with E-state index in [2.05, 4.69) is 10.4 Å². The quantitative estimate of drug-likeness (QED) is 0.887. The van der Waals surface area contributed by atoms with E-state index in [9.17, 15) is 4.79 Å². The van der Waals surface area contributed by atoms with Gasteiger partial charge in [-0.1, -0.05) is 0 Å². The van der Waals surface area contributed by atoms with Crippen LogP contribution in [0.1, 0.15) is 19.4 Å². The summed E-state index contributed by atoms with van der Waals surface area (Å²) in [6, 6.07) is 7.08. The minimum absolute atomic E-state index is 0.00694. The molecule has 1 heterocycles. The maximum absolute atomic E-state index is 12.1. The number of carbonyl (C=O) groups excluding carboxylic acids is 1. The summed E-state index contributed by atoms with van der Waals surface area (Å²) >= 11 is 0. The molecule has 112 valence electrons. The van der Waals surface area contributed by atoms with Crippen LogP contribution in [0, 0.1) is 0 Å². The van der Waals surface area contributed by atoms with Crippen LogP contribution in [0.4, 0.5) is 5.69 Å². The van der Waals surface area contributed by atoms with Crippen molar-refractivity contribution in [3.05, 3.63) is 36.7 Å². The molecule has 0 aliphatic carbocycles. The molecule has 6 nitrogen and oxygen atoms in total. The molecule has 21 heavy (non-hydrogen) atoms. The van der Waals surface area contributed by atoms with Gasteiger partial charge in [0.15, 0.2) is 0 Å². The van der Waals surface area contributed by atoms with Crippen molar-refractivity contribution in [2.24, 2.45) is 0 Å². The molecule has 2 aromatic rings. The van der Waals surface area contributed by atoms with Gasteiger partial charge in [-0.2, -0.15) is 5.10 Å². The zero-order chi connectivity index (χ0) is 15.2. The average molecular weight is 289 g/mol. The second-order valence-corrected chi connectivity index (χ2v) is 4.69. The minimum Gasteiger partial charge on any atom is -0.497 e. The predicted octanol–water partition coefficient (Wildman–Crippen LogP) is 2.49. The highest BCUT2D eigenvalue weighted by Crippen LogP contribution is 2.26. The first-order chi connectivity index (χ1) is 10.1. The molecule has 0 aliphatic heterocycles. The van der Waals surface area contributed by atoms with Crippen LogP contribution in [0.25, 0.3) is 0 Å². The minimum atomic E-state index is -0.0895. The molecule has 0 unspecified atom stereocenters. The SMILES string of the molecule is COc1cc(NC(=O)C[C@H](C)n2cccn2)cc(OC)c1. The summed E-state index contributed by atoms with van der Waals surface area (Å²) in [6.07, 6.45) is 3.87. The van der Waals surface area contributed by atoms with Crippen molar-refractivity contribution in [3.63, 3.8) is 0 Å². The second-order valence-electron chi connectivity index (χ2n) is 4.69. The van der Waals surface area contributed by atoms with E-state index < -0.39 is 0 Å². The van der Waals surface area contributed by atoms with E-state index in [4.69, 9.17) is 9.47 Å². The number of hydrogen-bond donors (Lipinski definition) is 1. The van der Waals surface area contributed by atoms with Crippen molar-refractivity contribution in [2.45, 2.75) is 19.4 Å². The molecule has 1 N–H and O–H groups in total. The van der Waals surface area contributed by atoms with Crippen LogP contribution in [-0.2, 0) is 4.79 Å². The van der Waals surface area contributed by atoms with Gasteiger partial charge in [0, 0.05) is 42.7 Å². The van der Waals surface area contributed by atoms with E-state index in [0.29, 0.717) is 23.6 Å². The molecule has 2 rings (SSSR count). The smallest absolute Gasteiger partial charge is 0.226 e. The summed E-state index contributed by atoms with van der Waals surface area (Å²) in [5, 5.41) is 6.97. The lowest BCUT2D eigenvalue weighted by atomic mass is 10.2. The fraction of sp³-hybridized carbons (Fsp3) is 0.333. The predicted molar refractivity (Wildman–Crippen MR) is 79.7 cm³/mol. The molecule has 1 aromatic carbocycles. The normalized spacial score (nSPS) is 11.8. The number of methoxy groups -OCH3 is 2. The molecule has 0 spiro atoms. The van der Waals surface area contributed by atoms with Crippen LogP contribution < -0.4 is 14.8 Å². The lowest BCUT2D eigenvalue weighted by Gasteiger charge is -2.13. The molecule has 0 radical (unpaired) electrons. The molecule has 1 amide bonds. The van der Waals surface area contributed by atoms with Crippen LogP contribution in [-0.4, -0.2) is 29.9 Å². The molecule has 0 saturated heterocycles. The van der Waals surface area contributed by atoms with Crippen LogP contribution in [0.2, 0.25) is 0 Å². The third-order valence-electron chi connectivity index (χ3n) is 3.09. The first-order valence-electron chi connectivity index (χ1n) is 6.64. The van der Waals surface area contributed by atoms with Gasteiger partial charge < -0.3 is 14.8 Å². The maximum Gasteiger partial charge on any atom is 0.226 e. The van der Waals surface area contributed by atoms with Crippen molar-refractivity contribution >= 4 is 11.6 Å². The number of nitrogens with one attached hydrogen (secondary N) is 1. The number of ether oxygens (including phenoxy) is 2. The molecule has 6 heteroatoms. The molecule has 0 aliphatic rings. The Balaban J connectivity index is 2.02. The van der Waals surface area contributed by atoms with E-state index in [-0.39, 0.29) is 11.9 Å². The lowest BCUT2D eigenvalue weighted by Crippen LogP contribution is -2.17. The maximum atomic E-state index is 12.1. The van der Waals surface area contributed by atoms with E-state index in [1.54, 1.807) is 43.3 Å². The van der Waals surface area contributed by atoms with Gasteiger partial charge in [0.05, 0.1) is 20.3 Å². The molecule has 1 aromatic heterocycles. The Hall–Kier alpha value is -2.50. The van der Waals surface area contributed by atoms with Crippen LogP contribution in [0.5, 0.6) is 11.5 Å². The van der Waals surface area contributed by atoms with Gasteiger partial charge in [0.25, 0.3) is 0 Å². The largest absolute Gasteiger partial charge is 0.497 e.